The van der Waals surface area contributed by atoms with Crippen molar-refractivity contribution in [2.24, 2.45) is 11.8 Å². The monoisotopic (exact) mass is 338 g/mol. The molecule has 2 bridgehead atoms. The summed E-state index contributed by atoms with van der Waals surface area (Å²) in [6.07, 6.45) is 6.53. The fraction of sp³-hybridized carbons (Fsp3) is 0.562. The first-order valence-corrected chi connectivity index (χ1v) is 10.0. The van der Waals surface area contributed by atoms with Gasteiger partial charge in [-0.25, -0.2) is 8.42 Å². The van der Waals surface area contributed by atoms with Gasteiger partial charge in [-0.15, -0.1) is 0 Å². The number of thiocarbonyl (C=S) groups is 1. The zero-order valence-electron chi connectivity index (χ0n) is 12.7. The second kappa shape index (κ2) is 6.16. The van der Waals surface area contributed by atoms with E-state index in [1.807, 2.05) is 12.1 Å². The van der Waals surface area contributed by atoms with Crippen molar-refractivity contribution in [3.05, 3.63) is 29.8 Å². The summed E-state index contributed by atoms with van der Waals surface area (Å²) in [5.74, 6) is 1.69. The average molecular weight is 338 g/mol. The molecule has 0 amide bonds. The Labute approximate surface area is 137 Å². The molecule has 3 atom stereocenters. The van der Waals surface area contributed by atoms with Gasteiger partial charge >= 0.3 is 0 Å². The summed E-state index contributed by atoms with van der Waals surface area (Å²) in [7, 11) is -3.13. The van der Waals surface area contributed by atoms with Crippen LogP contribution in [0.4, 0.5) is 0 Å². The van der Waals surface area contributed by atoms with Crippen LogP contribution in [0, 0.1) is 11.8 Å². The normalized spacial score (nSPS) is 26.9. The number of sulfone groups is 1. The van der Waals surface area contributed by atoms with Gasteiger partial charge in [0.2, 0.25) is 0 Å². The van der Waals surface area contributed by atoms with Crippen LogP contribution in [0.5, 0.6) is 0 Å². The summed E-state index contributed by atoms with van der Waals surface area (Å²) < 4.78 is 22.8. The van der Waals surface area contributed by atoms with Crippen LogP contribution in [0.1, 0.15) is 31.2 Å². The first-order chi connectivity index (χ1) is 10.4. The molecule has 1 aromatic rings. The Morgan fingerprint density at radius 3 is 2.50 bits per heavy atom. The van der Waals surface area contributed by atoms with Crippen molar-refractivity contribution in [3.8, 4) is 0 Å². The maximum atomic E-state index is 11.4. The molecule has 0 aromatic heterocycles. The summed E-state index contributed by atoms with van der Waals surface area (Å²) in [4.78, 5) is 0.346. The summed E-state index contributed by atoms with van der Waals surface area (Å²) in [6.45, 7) is 0.608. The second-order valence-electron chi connectivity index (χ2n) is 6.52. The molecule has 2 N–H and O–H groups in total. The Hall–Kier alpha value is -1.14. The molecule has 3 rings (SSSR count). The van der Waals surface area contributed by atoms with Gasteiger partial charge in [-0.3, -0.25) is 0 Å². The van der Waals surface area contributed by atoms with E-state index in [-0.39, 0.29) is 0 Å². The maximum absolute atomic E-state index is 11.4. The van der Waals surface area contributed by atoms with Crippen molar-refractivity contribution in [2.75, 3.05) is 6.26 Å². The molecule has 120 valence electrons. The molecule has 2 saturated carbocycles. The van der Waals surface area contributed by atoms with E-state index >= 15 is 0 Å². The molecule has 22 heavy (non-hydrogen) atoms. The van der Waals surface area contributed by atoms with Crippen LogP contribution in [0.25, 0.3) is 0 Å². The molecule has 0 saturated heterocycles. The molecule has 2 fully saturated rings. The third-order valence-electron chi connectivity index (χ3n) is 4.86. The highest BCUT2D eigenvalue weighted by Crippen LogP contribution is 2.44. The molecule has 0 radical (unpaired) electrons. The molecular formula is C16H22N2O2S2. The average Bonchev–Trinajstić information content (AvgIpc) is 3.07. The van der Waals surface area contributed by atoms with Gasteiger partial charge in [-0.2, -0.15) is 0 Å². The summed E-state index contributed by atoms with van der Waals surface area (Å²) >= 11 is 5.37. The highest BCUT2D eigenvalue weighted by atomic mass is 32.2. The summed E-state index contributed by atoms with van der Waals surface area (Å²) in [6, 6.07) is 7.45. The van der Waals surface area contributed by atoms with Gasteiger partial charge in [0.05, 0.1) is 4.90 Å². The molecule has 4 nitrogen and oxygen atoms in total. The van der Waals surface area contributed by atoms with E-state index < -0.39 is 9.84 Å². The lowest BCUT2D eigenvalue weighted by molar-refractivity contribution is 0.389. The van der Waals surface area contributed by atoms with Crippen molar-refractivity contribution < 1.29 is 8.42 Å². The molecule has 0 unspecified atom stereocenters. The zero-order chi connectivity index (χ0) is 15.7. The SMILES string of the molecule is CS(=O)(=O)c1ccc(CNC(=S)N[C@H]2C[C@H]3CC[C@H]2C3)cc1. The Morgan fingerprint density at radius 1 is 1.23 bits per heavy atom. The van der Waals surface area contributed by atoms with Crippen molar-refractivity contribution >= 4 is 27.2 Å². The lowest BCUT2D eigenvalue weighted by atomic mass is 9.96. The molecular weight excluding hydrogens is 316 g/mol. The zero-order valence-corrected chi connectivity index (χ0v) is 14.3. The van der Waals surface area contributed by atoms with E-state index in [4.69, 9.17) is 12.2 Å². The van der Waals surface area contributed by atoms with Gasteiger partial charge in [0.25, 0.3) is 0 Å². The van der Waals surface area contributed by atoms with E-state index in [0.29, 0.717) is 22.6 Å². The number of rotatable bonds is 4. The Kier molecular flexibility index (Phi) is 4.41. The van der Waals surface area contributed by atoms with Gasteiger partial charge in [0, 0.05) is 18.8 Å². The molecule has 2 aliphatic carbocycles. The first-order valence-electron chi connectivity index (χ1n) is 7.75. The highest BCUT2D eigenvalue weighted by Gasteiger charge is 2.39. The van der Waals surface area contributed by atoms with Crippen molar-refractivity contribution in [3.63, 3.8) is 0 Å². The molecule has 6 heteroatoms. The largest absolute Gasteiger partial charge is 0.360 e. The topological polar surface area (TPSA) is 58.2 Å². The standard InChI is InChI=1S/C16H22N2O2S2/c1-22(19,20)14-6-3-11(4-7-14)10-17-16(21)18-15-9-12-2-5-13(15)8-12/h3-4,6-7,12-13,15H,2,5,8-10H2,1H3,(H2,17,18,21)/t12-,13-,15-/m0/s1. The van der Waals surface area contributed by atoms with Crippen LogP contribution in [-0.4, -0.2) is 25.8 Å². The predicted molar refractivity (Wildman–Crippen MR) is 91.4 cm³/mol. The van der Waals surface area contributed by atoms with Crippen LogP contribution in [0.2, 0.25) is 0 Å². The number of hydrogen-bond acceptors (Lipinski definition) is 3. The predicted octanol–water partition coefficient (Wildman–Crippen LogP) is 2.24. The van der Waals surface area contributed by atoms with Crippen molar-refractivity contribution in [1.82, 2.24) is 10.6 Å². The Balaban J connectivity index is 1.49. The minimum absolute atomic E-state index is 0.346. The minimum atomic E-state index is -3.13. The van der Waals surface area contributed by atoms with Gasteiger partial charge in [0.1, 0.15) is 0 Å². The Bertz CT molecular complexity index is 655. The minimum Gasteiger partial charge on any atom is -0.360 e. The molecule has 0 heterocycles. The van der Waals surface area contributed by atoms with E-state index in [1.165, 1.54) is 31.9 Å². The number of fused-ring (bicyclic) bond motifs is 2. The highest BCUT2D eigenvalue weighted by molar-refractivity contribution is 7.90. The van der Waals surface area contributed by atoms with E-state index in [0.717, 1.165) is 17.4 Å². The van der Waals surface area contributed by atoms with E-state index in [2.05, 4.69) is 10.6 Å². The third-order valence-corrected chi connectivity index (χ3v) is 6.25. The summed E-state index contributed by atoms with van der Waals surface area (Å²) in [5, 5.41) is 7.35. The van der Waals surface area contributed by atoms with Crippen LogP contribution in [0.15, 0.2) is 29.2 Å². The van der Waals surface area contributed by atoms with E-state index in [1.54, 1.807) is 12.1 Å². The summed E-state index contributed by atoms with van der Waals surface area (Å²) in [5.41, 5.74) is 1.02. The number of hydrogen-bond donors (Lipinski definition) is 2. The number of benzene rings is 1. The maximum Gasteiger partial charge on any atom is 0.175 e. The quantitative estimate of drug-likeness (QED) is 0.825. The smallest absolute Gasteiger partial charge is 0.175 e. The number of nitrogens with one attached hydrogen (secondary N) is 2. The van der Waals surface area contributed by atoms with Crippen LogP contribution < -0.4 is 10.6 Å². The first kappa shape index (κ1) is 15.7. The second-order valence-corrected chi connectivity index (χ2v) is 8.95. The van der Waals surface area contributed by atoms with Gasteiger partial charge in [-0.1, -0.05) is 18.6 Å². The lowest BCUT2D eigenvalue weighted by Crippen LogP contribution is -2.43. The van der Waals surface area contributed by atoms with E-state index in [9.17, 15) is 8.42 Å². The van der Waals surface area contributed by atoms with Gasteiger partial charge in [-0.05, 0) is 61.0 Å². The molecule has 0 spiro atoms. The Morgan fingerprint density at radius 2 is 1.95 bits per heavy atom. The van der Waals surface area contributed by atoms with Gasteiger partial charge in [0.15, 0.2) is 14.9 Å². The molecule has 1 aromatic carbocycles. The molecule has 0 aliphatic heterocycles. The molecule has 2 aliphatic rings. The van der Waals surface area contributed by atoms with Gasteiger partial charge < -0.3 is 10.6 Å². The fourth-order valence-electron chi connectivity index (χ4n) is 3.68. The third kappa shape index (κ3) is 3.60. The van der Waals surface area contributed by atoms with Crippen LogP contribution in [0.3, 0.4) is 0 Å². The van der Waals surface area contributed by atoms with Crippen molar-refractivity contribution in [2.45, 2.75) is 43.2 Å². The fourth-order valence-corrected chi connectivity index (χ4v) is 4.53. The van der Waals surface area contributed by atoms with Crippen LogP contribution >= 0.6 is 12.2 Å². The van der Waals surface area contributed by atoms with Crippen LogP contribution in [-0.2, 0) is 16.4 Å². The van der Waals surface area contributed by atoms with Crippen molar-refractivity contribution in [1.29, 1.82) is 0 Å². The lowest BCUT2D eigenvalue weighted by Gasteiger charge is -2.24.